The van der Waals surface area contributed by atoms with Crippen molar-refractivity contribution in [2.45, 2.75) is 12.8 Å². The van der Waals surface area contributed by atoms with Crippen LogP contribution in [0.5, 0.6) is 0 Å². The molecule has 1 fully saturated rings. The smallest absolute Gasteiger partial charge is 0.256 e. The molecule has 0 spiro atoms. The first-order chi connectivity index (χ1) is 9.09. The molecule has 1 aliphatic rings. The molecular formula is C14H17F2NO2. The lowest BCUT2D eigenvalue weighted by atomic mass is 9.99. The summed E-state index contributed by atoms with van der Waals surface area (Å²) >= 11 is 0. The van der Waals surface area contributed by atoms with Crippen LogP contribution < -0.4 is 0 Å². The van der Waals surface area contributed by atoms with Gasteiger partial charge in [0.25, 0.3) is 5.91 Å². The lowest BCUT2D eigenvalue weighted by Crippen LogP contribution is -2.34. The molecule has 0 unspecified atom stereocenters. The molecule has 0 aromatic heterocycles. The van der Waals surface area contributed by atoms with Crippen molar-refractivity contribution in [2.24, 2.45) is 5.92 Å². The van der Waals surface area contributed by atoms with Gasteiger partial charge in [-0.1, -0.05) is 6.07 Å². The number of carbonyl (C=O) groups is 1. The predicted molar refractivity (Wildman–Crippen MR) is 66.9 cm³/mol. The van der Waals surface area contributed by atoms with Crippen LogP contribution >= 0.6 is 0 Å². The minimum absolute atomic E-state index is 0.213. The molecule has 1 heterocycles. The number of hydrogen-bond donors (Lipinski definition) is 0. The van der Waals surface area contributed by atoms with Crippen LogP contribution in [0.1, 0.15) is 23.2 Å². The van der Waals surface area contributed by atoms with Gasteiger partial charge in [0.15, 0.2) is 11.6 Å². The number of carbonyl (C=O) groups excluding carboxylic acids is 1. The molecule has 1 aromatic rings. The Bertz CT molecular complexity index is 459. The largest absolute Gasteiger partial charge is 0.381 e. The molecule has 3 nitrogen and oxygen atoms in total. The highest BCUT2D eigenvalue weighted by molar-refractivity contribution is 5.94. The SMILES string of the molecule is CN(CC1CCOCC1)C(=O)c1cccc(F)c1F. The highest BCUT2D eigenvalue weighted by Gasteiger charge is 2.22. The summed E-state index contributed by atoms with van der Waals surface area (Å²) in [6.45, 7) is 1.93. The van der Waals surface area contributed by atoms with E-state index in [0.717, 1.165) is 18.9 Å². The van der Waals surface area contributed by atoms with Gasteiger partial charge in [0, 0.05) is 26.8 Å². The molecular weight excluding hydrogens is 252 g/mol. The summed E-state index contributed by atoms with van der Waals surface area (Å²) in [7, 11) is 1.61. The quantitative estimate of drug-likeness (QED) is 0.843. The first-order valence-electron chi connectivity index (χ1n) is 6.37. The van der Waals surface area contributed by atoms with Crippen LogP contribution in [-0.4, -0.2) is 37.6 Å². The fourth-order valence-electron chi connectivity index (χ4n) is 2.27. The molecule has 0 radical (unpaired) electrons. The van der Waals surface area contributed by atoms with Gasteiger partial charge in [-0.05, 0) is 30.9 Å². The third-order valence-corrected chi connectivity index (χ3v) is 3.40. The first-order valence-corrected chi connectivity index (χ1v) is 6.37. The normalized spacial score (nSPS) is 16.4. The van der Waals surface area contributed by atoms with E-state index in [0.29, 0.717) is 25.7 Å². The Morgan fingerprint density at radius 1 is 1.37 bits per heavy atom. The van der Waals surface area contributed by atoms with Crippen LogP contribution in [0.4, 0.5) is 8.78 Å². The minimum atomic E-state index is -1.08. The van der Waals surface area contributed by atoms with E-state index in [-0.39, 0.29) is 5.56 Å². The van der Waals surface area contributed by atoms with Crippen molar-refractivity contribution in [3.05, 3.63) is 35.4 Å². The van der Waals surface area contributed by atoms with Gasteiger partial charge in [-0.3, -0.25) is 4.79 Å². The summed E-state index contributed by atoms with van der Waals surface area (Å²) in [6, 6.07) is 3.65. The molecule has 0 bridgehead atoms. The van der Waals surface area contributed by atoms with Crippen LogP contribution in [0, 0.1) is 17.6 Å². The summed E-state index contributed by atoms with van der Waals surface area (Å²) in [5, 5.41) is 0. The molecule has 1 saturated heterocycles. The zero-order chi connectivity index (χ0) is 13.8. The second kappa shape index (κ2) is 6.10. The summed E-state index contributed by atoms with van der Waals surface area (Å²) in [4.78, 5) is 13.5. The maximum absolute atomic E-state index is 13.5. The summed E-state index contributed by atoms with van der Waals surface area (Å²) < 4.78 is 31.9. The maximum atomic E-state index is 13.5. The third kappa shape index (κ3) is 3.29. The Balaban J connectivity index is 2.03. The molecule has 1 aromatic carbocycles. The molecule has 104 valence electrons. The molecule has 2 rings (SSSR count). The fourth-order valence-corrected chi connectivity index (χ4v) is 2.27. The van der Waals surface area contributed by atoms with Crippen molar-refractivity contribution >= 4 is 5.91 Å². The molecule has 1 aliphatic heterocycles. The molecule has 1 amide bonds. The molecule has 5 heteroatoms. The van der Waals surface area contributed by atoms with Crippen molar-refractivity contribution in [1.82, 2.24) is 4.90 Å². The number of rotatable bonds is 3. The summed E-state index contributed by atoms with van der Waals surface area (Å²) in [5.74, 6) is -2.19. The van der Waals surface area contributed by atoms with E-state index in [1.54, 1.807) is 7.05 Å². The van der Waals surface area contributed by atoms with Crippen molar-refractivity contribution in [3.8, 4) is 0 Å². The summed E-state index contributed by atoms with van der Waals surface area (Å²) in [6.07, 6.45) is 1.78. The highest BCUT2D eigenvalue weighted by Crippen LogP contribution is 2.18. The van der Waals surface area contributed by atoms with Crippen molar-refractivity contribution in [1.29, 1.82) is 0 Å². The van der Waals surface area contributed by atoms with E-state index in [2.05, 4.69) is 0 Å². The van der Waals surface area contributed by atoms with Gasteiger partial charge in [-0.2, -0.15) is 0 Å². The Labute approximate surface area is 111 Å². The number of hydrogen-bond acceptors (Lipinski definition) is 2. The first kappa shape index (κ1) is 13.9. The maximum Gasteiger partial charge on any atom is 0.256 e. The van der Waals surface area contributed by atoms with E-state index >= 15 is 0 Å². The van der Waals surface area contributed by atoms with Gasteiger partial charge < -0.3 is 9.64 Å². The zero-order valence-corrected chi connectivity index (χ0v) is 10.9. The number of halogens is 2. The Morgan fingerprint density at radius 3 is 2.74 bits per heavy atom. The van der Waals surface area contributed by atoms with Crippen molar-refractivity contribution in [2.75, 3.05) is 26.8 Å². The monoisotopic (exact) mass is 269 g/mol. The van der Waals surface area contributed by atoms with Crippen LogP contribution in [0.15, 0.2) is 18.2 Å². The van der Waals surface area contributed by atoms with E-state index in [4.69, 9.17) is 4.74 Å². The number of nitrogens with zero attached hydrogens (tertiary/aromatic N) is 1. The molecule has 0 aliphatic carbocycles. The lowest BCUT2D eigenvalue weighted by molar-refractivity contribution is 0.0495. The third-order valence-electron chi connectivity index (χ3n) is 3.40. The van der Waals surface area contributed by atoms with Crippen LogP contribution in [0.3, 0.4) is 0 Å². The highest BCUT2D eigenvalue weighted by atomic mass is 19.2. The van der Waals surface area contributed by atoms with Gasteiger partial charge >= 0.3 is 0 Å². The van der Waals surface area contributed by atoms with Gasteiger partial charge in [0.05, 0.1) is 5.56 Å². The van der Waals surface area contributed by atoms with Crippen LogP contribution in [0.25, 0.3) is 0 Å². The average molecular weight is 269 g/mol. The van der Waals surface area contributed by atoms with E-state index in [1.807, 2.05) is 0 Å². The predicted octanol–water partition coefficient (Wildman–Crippen LogP) is 2.46. The van der Waals surface area contributed by atoms with Crippen LogP contribution in [-0.2, 0) is 4.74 Å². The van der Waals surface area contributed by atoms with Gasteiger partial charge in [0.2, 0.25) is 0 Å². The fraction of sp³-hybridized carbons (Fsp3) is 0.500. The minimum Gasteiger partial charge on any atom is -0.381 e. The number of amides is 1. The topological polar surface area (TPSA) is 29.5 Å². The lowest BCUT2D eigenvalue weighted by Gasteiger charge is -2.27. The molecule has 0 atom stereocenters. The zero-order valence-electron chi connectivity index (χ0n) is 10.9. The Kier molecular flexibility index (Phi) is 4.47. The second-order valence-corrected chi connectivity index (χ2v) is 4.84. The average Bonchev–Trinajstić information content (AvgIpc) is 2.42. The van der Waals surface area contributed by atoms with Gasteiger partial charge in [0.1, 0.15) is 0 Å². The number of ether oxygens (including phenoxy) is 1. The number of benzene rings is 1. The van der Waals surface area contributed by atoms with E-state index in [1.165, 1.54) is 17.0 Å². The van der Waals surface area contributed by atoms with Crippen molar-refractivity contribution in [3.63, 3.8) is 0 Å². The molecule has 0 N–H and O–H groups in total. The van der Waals surface area contributed by atoms with Crippen molar-refractivity contribution < 1.29 is 18.3 Å². The van der Waals surface area contributed by atoms with Gasteiger partial charge in [-0.15, -0.1) is 0 Å². The Hall–Kier alpha value is -1.49. The summed E-state index contributed by atoms with van der Waals surface area (Å²) in [5.41, 5.74) is -0.213. The Morgan fingerprint density at radius 2 is 2.05 bits per heavy atom. The van der Waals surface area contributed by atoms with E-state index < -0.39 is 17.5 Å². The van der Waals surface area contributed by atoms with Gasteiger partial charge in [-0.25, -0.2) is 8.78 Å². The van der Waals surface area contributed by atoms with Crippen LogP contribution in [0.2, 0.25) is 0 Å². The standard InChI is InChI=1S/C14H17F2NO2/c1-17(9-10-5-7-19-8-6-10)14(18)11-3-2-4-12(15)13(11)16/h2-4,10H,5-9H2,1H3. The molecule has 0 saturated carbocycles. The second-order valence-electron chi connectivity index (χ2n) is 4.84. The molecule has 19 heavy (non-hydrogen) atoms. The van der Waals surface area contributed by atoms with E-state index in [9.17, 15) is 13.6 Å².